The van der Waals surface area contributed by atoms with Crippen LogP contribution in [0.4, 0.5) is 29.1 Å². The Morgan fingerprint density at radius 1 is 1.19 bits per heavy atom. The predicted octanol–water partition coefficient (Wildman–Crippen LogP) is 4.78. The van der Waals surface area contributed by atoms with E-state index in [0.717, 1.165) is 11.8 Å². The van der Waals surface area contributed by atoms with Crippen LogP contribution in [0.3, 0.4) is 0 Å². The zero-order valence-electron chi connectivity index (χ0n) is 16.9. The molecule has 0 saturated carbocycles. The van der Waals surface area contributed by atoms with Gasteiger partial charge in [0.1, 0.15) is 11.9 Å². The first-order valence-corrected chi connectivity index (χ1v) is 9.81. The molecule has 0 spiro atoms. The van der Waals surface area contributed by atoms with E-state index >= 15 is 0 Å². The van der Waals surface area contributed by atoms with Crippen LogP contribution in [0.1, 0.15) is 36.2 Å². The first-order chi connectivity index (χ1) is 14.6. The SMILES string of the molecule is Cc1nnc(N[C@H](C)c2cc(O)cc(C(F)(F)F)c2)c2cc(N3CC[C@@H](F)C3)cnc12. The van der Waals surface area contributed by atoms with Crippen LogP contribution in [-0.4, -0.2) is 39.5 Å². The van der Waals surface area contributed by atoms with E-state index < -0.39 is 29.7 Å². The molecule has 4 rings (SSSR count). The molecule has 164 valence electrons. The zero-order chi connectivity index (χ0) is 22.3. The summed E-state index contributed by atoms with van der Waals surface area (Å²) in [4.78, 5) is 6.35. The van der Waals surface area contributed by atoms with Crippen molar-refractivity contribution in [3.63, 3.8) is 0 Å². The fraction of sp³-hybridized carbons (Fsp3) is 0.381. The molecule has 0 aliphatic carbocycles. The minimum absolute atomic E-state index is 0.242. The van der Waals surface area contributed by atoms with Crippen LogP contribution < -0.4 is 10.2 Å². The first-order valence-electron chi connectivity index (χ1n) is 9.81. The van der Waals surface area contributed by atoms with Gasteiger partial charge in [0, 0.05) is 18.5 Å². The van der Waals surface area contributed by atoms with Gasteiger partial charge >= 0.3 is 6.18 Å². The van der Waals surface area contributed by atoms with Gasteiger partial charge in [0.2, 0.25) is 0 Å². The maximum Gasteiger partial charge on any atom is 0.416 e. The molecule has 10 heteroatoms. The monoisotopic (exact) mass is 435 g/mol. The molecule has 0 unspecified atom stereocenters. The summed E-state index contributed by atoms with van der Waals surface area (Å²) in [5.41, 5.74) is 1.24. The highest BCUT2D eigenvalue weighted by Crippen LogP contribution is 2.35. The van der Waals surface area contributed by atoms with Crippen LogP contribution in [0.15, 0.2) is 30.5 Å². The lowest BCUT2D eigenvalue weighted by Crippen LogP contribution is -2.20. The minimum atomic E-state index is -4.58. The predicted molar refractivity (Wildman–Crippen MR) is 109 cm³/mol. The molecule has 0 radical (unpaired) electrons. The number of nitrogens with zero attached hydrogens (tertiary/aromatic N) is 4. The van der Waals surface area contributed by atoms with Crippen molar-refractivity contribution in [2.75, 3.05) is 23.3 Å². The number of alkyl halides is 4. The summed E-state index contributed by atoms with van der Waals surface area (Å²) in [5.74, 6) is -0.132. The summed E-state index contributed by atoms with van der Waals surface area (Å²) in [6, 6.07) is 4.16. The third-order valence-electron chi connectivity index (χ3n) is 5.39. The maximum absolute atomic E-state index is 13.6. The Balaban J connectivity index is 1.69. The Labute approximate surface area is 175 Å². The van der Waals surface area contributed by atoms with E-state index in [0.29, 0.717) is 41.4 Å². The number of halogens is 4. The molecule has 1 aliphatic heterocycles. The average molecular weight is 435 g/mol. The number of aryl methyl sites for hydroxylation is 1. The molecule has 1 fully saturated rings. The van der Waals surface area contributed by atoms with Crippen molar-refractivity contribution in [3.8, 4) is 5.75 Å². The Kier molecular flexibility index (Phi) is 5.32. The number of hydrogen-bond acceptors (Lipinski definition) is 6. The minimum Gasteiger partial charge on any atom is -0.508 e. The summed E-state index contributed by atoms with van der Waals surface area (Å²) < 4.78 is 53.0. The summed E-state index contributed by atoms with van der Waals surface area (Å²) in [7, 11) is 0. The van der Waals surface area contributed by atoms with Crippen molar-refractivity contribution in [3.05, 3.63) is 47.3 Å². The summed E-state index contributed by atoms with van der Waals surface area (Å²) >= 11 is 0. The Morgan fingerprint density at radius 2 is 1.97 bits per heavy atom. The van der Waals surface area contributed by atoms with Gasteiger partial charge in [0.05, 0.1) is 34.7 Å². The number of rotatable bonds is 4. The quantitative estimate of drug-likeness (QED) is 0.575. The number of nitrogens with one attached hydrogen (secondary N) is 1. The topological polar surface area (TPSA) is 74.2 Å². The molecule has 6 nitrogen and oxygen atoms in total. The molecule has 2 aromatic heterocycles. The average Bonchev–Trinajstić information content (AvgIpc) is 3.15. The number of phenolic OH excluding ortho intramolecular Hbond substituents is 1. The number of phenols is 1. The molecule has 3 aromatic rings. The van der Waals surface area contributed by atoms with Crippen LogP contribution in [0.25, 0.3) is 10.9 Å². The van der Waals surface area contributed by atoms with Gasteiger partial charge in [0.25, 0.3) is 0 Å². The fourth-order valence-electron chi connectivity index (χ4n) is 3.72. The smallest absolute Gasteiger partial charge is 0.416 e. The van der Waals surface area contributed by atoms with Gasteiger partial charge in [-0.1, -0.05) is 0 Å². The Morgan fingerprint density at radius 3 is 2.65 bits per heavy atom. The van der Waals surface area contributed by atoms with Crippen molar-refractivity contribution in [2.45, 2.75) is 38.7 Å². The van der Waals surface area contributed by atoms with Crippen molar-refractivity contribution >= 4 is 22.4 Å². The van der Waals surface area contributed by atoms with E-state index in [4.69, 9.17) is 0 Å². The molecule has 1 aliphatic rings. The van der Waals surface area contributed by atoms with E-state index in [-0.39, 0.29) is 12.1 Å². The molecule has 3 heterocycles. The van der Waals surface area contributed by atoms with E-state index in [1.807, 2.05) is 11.0 Å². The van der Waals surface area contributed by atoms with Crippen LogP contribution in [0, 0.1) is 6.92 Å². The number of pyridine rings is 1. The van der Waals surface area contributed by atoms with Crippen molar-refractivity contribution in [1.29, 1.82) is 0 Å². The Bertz CT molecular complexity index is 1120. The fourth-order valence-corrected chi connectivity index (χ4v) is 3.72. The second kappa shape index (κ2) is 7.82. The normalized spacial score (nSPS) is 17.9. The summed E-state index contributed by atoms with van der Waals surface area (Å²) in [5, 5.41) is 21.7. The third-order valence-corrected chi connectivity index (χ3v) is 5.39. The molecular weight excluding hydrogens is 414 g/mol. The molecular formula is C21H21F4N5O. The van der Waals surface area contributed by atoms with Crippen LogP contribution in [0.2, 0.25) is 0 Å². The zero-order valence-corrected chi connectivity index (χ0v) is 16.9. The Hall–Kier alpha value is -3.17. The van der Waals surface area contributed by atoms with Crippen LogP contribution >= 0.6 is 0 Å². The lowest BCUT2D eigenvalue weighted by molar-refractivity contribution is -0.137. The molecule has 1 aromatic carbocycles. The molecule has 0 bridgehead atoms. The molecule has 2 N–H and O–H groups in total. The highest BCUT2D eigenvalue weighted by atomic mass is 19.4. The maximum atomic E-state index is 13.6. The lowest BCUT2D eigenvalue weighted by atomic mass is 10.0. The molecule has 2 atom stereocenters. The number of aromatic nitrogens is 3. The van der Waals surface area contributed by atoms with Crippen molar-refractivity contribution in [1.82, 2.24) is 15.2 Å². The van der Waals surface area contributed by atoms with Gasteiger partial charge in [-0.15, -0.1) is 5.10 Å². The summed E-state index contributed by atoms with van der Waals surface area (Å²) in [6.07, 6.45) is -3.36. The van der Waals surface area contributed by atoms with Gasteiger partial charge < -0.3 is 15.3 Å². The lowest BCUT2D eigenvalue weighted by Gasteiger charge is -2.20. The molecule has 31 heavy (non-hydrogen) atoms. The van der Waals surface area contributed by atoms with E-state index in [9.17, 15) is 22.7 Å². The standard InChI is InChI=1S/C21H21F4N5O/c1-11(13-5-14(21(23,24)25)7-17(31)6-13)27-20-18-8-16(30-4-3-15(22)10-30)9-26-19(18)12(2)28-29-20/h5-9,11,15,31H,3-4,10H2,1-2H3,(H,27,29)/t11-,15-/m1/s1. The highest BCUT2D eigenvalue weighted by Gasteiger charge is 2.32. The molecule has 0 amide bonds. The van der Waals surface area contributed by atoms with Gasteiger partial charge in [-0.25, -0.2) is 4.39 Å². The summed E-state index contributed by atoms with van der Waals surface area (Å²) in [6.45, 7) is 4.28. The molecule has 1 saturated heterocycles. The number of aromatic hydroxyl groups is 1. The number of fused-ring (bicyclic) bond motifs is 1. The number of hydrogen-bond donors (Lipinski definition) is 2. The third kappa shape index (κ3) is 4.33. The second-order valence-corrected chi connectivity index (χ2v) is 7.73. The van der Waals surface area contributed by atoms with Crippen molar-refractivity contribution in [2.24, 2.45) is 0 Å². The first kappa shape index (κ1) is 21.1. The largest absolute Gasteiger partial charge is 0.508 e. The van der Waals surface area contributed by atoms with Gasteiger partial charge in [-0.05, 0) is 50.1 Å². The van der Waals surface area contributed by atoms with Crippen LogP contribution in [0.5, 0.6) is 5.75 Å². The van der Waals surface area contributed by atoms with E-state index in [2.05, 4.69) is 20.5 Å². The van der Waals surface area contributed by atoms with Crippen molar-refractivity contribution < 1.29 is 22.7 Å². The van der Waals surface area contributed by atoms with Gasteiger partial charge in [0.15, 0.2) is 5.82 Å². The number of anilines is 2. The highest BCUT2D eigenvalue weighted by molar-refractivity contribution is 5.92. The second-order valence-electron chi connectivity index (χ2n) is 7.73. The van der Waals surface area contributed by atoms with Crippen LogP contribution in [-0.2, 0) is 6.18 Å². The van der Waals surface area contributed by atoms with Gasteiger partial charge in [-0.2, -0.15) is 18.3 Å². The van der Waals surface area contributed by atoms with E-state index in [1.165, 1.54) is 6.07 Å². The number of benzene rings is 1. The van der Waals surface area contributed by atoms with Gasteiger partial charge in [-0.3, -0.25) is 4.98 Å². The van der Waals surface area contributed by atoms with E-state index in [1.54, 1.807) is 20.0 Å².